The molecule has 0 unspecified atom stereocenters. The third-order valence-electron chi connectivity index (χ3n) is 11.4. The van der Waals surface area contributed by atoms with Gasteiger partial charge in [-0.3, -0.25) is 14.5 Å². The first-order chi connectivity index (χ1) is 21.8. The Hall–Kier alpha value is -3.26. The topological polar surface area (TPSA) is 84.4 Å². The summed E-state index contributed by atoms with van der Waals surface area (Å²) in [6, 6.07) is 11.1. The van der Waals surface area contributed by atoms with E-state index in [2.05, 4.69) is 47.5 Å². The van der Waals surface area contributed by atoms with E-state index in [0.717, 1.165) is 92.8 Å². The fraction of sp³-hybridized carbons (Fsp3) is 0.568. The fourth-order valence-electron chi connectivity index (χ4n) is 8.40. The Labute approximate surface area is 271 Å². The Morgan fingerprint density at radius 1 is 0.978 bits per heavy atom. The largest absolute Gasteiger partial charge is 0.496 e. The molecule has 5 aliphatic carbocycles. The van der Waals surface area contributed by atoms with Crippen LogP contribution in [0.15, 0.2) is 42.7 Å². The summed E-state index contributed by atoms with van der Waals surface area (Å²) in [5, 5.41) is 4.29. The highest BCUT2D eigenvalue weighted by Gasteiger charge is 2.51. The number of thiazole rings is 1. The van der Waals surface area contributed by atoms with Crippen LogP contribution in [-0.4, -0.2) is 41.5 Å². The monoisotopic (exact) mass is 626 g/mol. The van der Waals surface area contributed by atoms with Crippen molar-refractivity contribution in [2.24, 2.45) is 11.3 Å². The van der Waals surface area contributed by atoms with Gasteiger partial charge < -0.3 is 10.1 Å². The summed E-state index contributed by atoms with van der Waals surface area (Å²) in [7, 11) is 1.74. The summed E-state index contributed by atoms with van der Waals surface area (Å²) in [6.07, 6.45) is 16.4. The van der Waals surface area contributed by atoms with E-state index >= 15 is 0 Å². The molecule has 2 bridgehead atoms. The lowest BCUT2D eigenvalue weighted by atomic mass is 9.51. The quantitative estimate of drug-likeness (QED) is 0.263. The van der Waals surface area contributed by atoms with Crippen molar-refractivity contribution in [1.82, 2.24) is 15.3 Å². The van der Waals surface area contributed by atoms with Gasteiger partial charge in [-0.15, -0.1) is 11.3 Å². The van der Waals surface area contributed by atoms with Crippen LogP contribution in [0.1, 0.15) is 106 Å². The Kier molecular flexibility index (Phi) is 8.21. The molecule has 8 heteroatoms. The molecule has 1 N–H and O–H groups in total. The van der Waals surface area contributed by atoms with Gasteiger partial charge in [0, 0.05) is 43.7 Å². The number of rotatable bonds is 9. The number of hydrogen-bond donors (Lipinski definition) is 1. The molecule has 0 aliphatic heterocycles. The van der Waals surface area contributed by atoms with Crippen LogP contribution in [0.5, 0.6) is 5.75 Å². The molecule has 0 saturated heterocycles. The molecular formula is C37H46N4O3S. The predicted octanol–water partition coefficient (Wildman–Crippen LogP) is 7.72. The number of fused-ring (bicyclic) bond motifs is 3. The number of methoxy groups -OCH3 is 1. The van der Waals surface area contributed by atoms with Gasteiger partial charge in [0.15, 0.2) is 0 Å². The molecule has 0 radical (unpaired) electrons. The van der Waals surface area contributed by atoms with E-state index in [1.165, 1.54) is 29.0 Å². The molecule has 1 aromatic carbocycles. The van der Waals surface area contributed by atoms with E-state index in [1.807, 2.05) is 12.4 Å². The van der Waals surface area contributed by atoms with Crippen LogP contribution in [0.2, 0.25) is 0 Å². The first kappa shape index (κ1) is 30.4. The highest BCUT2D eigenvalue weighted by atomic mass is 32.1. The summed E-state index contributed by atoms with van der Waals surface area (Å²) in [4.78, 5) is 38.9. The Bertz CT molecular complexity index is 1550. The minimum Gasteiger partial charge on any atom is -0.496 e. The first-order valence-electron chi connectivity index (χ1n) is 16.9. The van der Waals surface area contributed by atoms with Gasteiger partial charge >= 0.3 is 0 Å². The number of benzene rings is 1. The second kappa shape index (κ2) is 12.2. The normalized spacial score (nSPS) is 27.6. The van der Waals surface area contributed by atoms with E-state index in [4.69, 9.17) is 14.7 Å². The van der Waals surface area contributed by atoms with E-state index in [-0.39, 0.29) is 34.6 Å². The molecule has 0 spiro atoms. The van der Waals surface area contributed by atoms with Crippen LogP contribution < -0.4 is 15.0 Å². The van der Waals surface area contributed by atoms with Gasteiger partial charge in [0.1, 0.15) is 11.6 Å². The van der Waals surface area contributed by atoms with Crippen molar-refractivity contribution in [3.8, 4) is 16.2 Å². The van der Waals surface area contributed by atoms with E-state index in [9.17, 15) is 9.59 Å². The minimum atomic E-state index is -0.0460. The van der Waals surface area contributed by atoms with Gasteiger partial charge in [0.2, 0.25) is 11.8 Å². The molecule has 7 nitrogen and oxygen atoms in total. The molecule has 3 aromatic rings. The van der Waals surface area contributed by atoms with Crippen LogP contribution in [0, 0.1) is 18.3 Å². The van der Waals surface area contributed by atoms with Crippen molar-refractivity contribution in [1.29, 1.82) is 0 Å². The van der Waals surface area contributed by atoms with Crippen LogP contribution >= 0.6 is 11.3 Å². The number of amides is 2. The van der Waals surface area contributed by atoms with Gasteiger partial charge in [-0.2, -0.15) is 0 Å². The Morgan fingerprint density at radius 2 is 1.71 bits per heavy atom. The number of aryl methyl sites for hydroxylation is 1. The van der Waals surface area contributed by atoms with Crippen molar-refractivity contribution in [2.75, 3.05) is 18.6 Å². The first-order valence-corrected chi connectivity index (χ1v) is 17.7. The van der Waals surface area contributed by atoms with Crippen molar-refractivity contribution in [2.45, 2.75) is 108 Å². The average molecular weight is 627 g/mol. The molecule has 238 valence electrons. The zero-order chi connectivity index (χ0) is 31.2. The maximum absolute atomic E-state index is 14.5. The minimum absolute atomic E-state index is 0.00917. The molecule has 5 saturated carbocycles. The number of aromatic nitrogens is 2. The second-order valence-corrected chi connectivity index (χ2v) is 15.4. The number of anilines is 1. The molecule has 8 rings (SSSR count). The third-order valence-corrected chi connectivity index (χ3v) is 12.6. The number of carbonyl (C=O) groups is 2. The zero-order valence-electron chi connectivity index (χ0n) is 26.9. The van der Waals surface area contributed by atoms with E-state index in [1.54, 1.807) is 25.4 Å². The molecule has 2 aromatic heterocycles. The lowest BCUT2D eigenvalue weighted by molar-refractivity contribution is -0.124. The third kappa shape index (κ3) is 6.15. The Balaban J connectivity index is 1.13. The van der Waals surface area contributed by atoms with E-state index < -0.39 is 0 Å². The molecule has 45 heavy (non-hydrogen) atoms. The van der Waals surface area contributed by atoms with Crippen molar-refractivity contribution < 1.29 is 14.3 Å². The Morgan fingerprint density at radius 3 is 2.36 bits per heavy atom. The fourth-order valence-corrected chi connectivity index (χ4v) is 9.48. The summed E-state index contributed by atoms with van der Waals surface area (Å²) in [5.74, 6) is 2.51. The lowest BCUT2D eigenvalue weighted by Gasteiger charge is -2.55. The summed E-state index contributed by atoms with van der Waals surface area (Å²) < 4.78 is 5.55. The number of nitrogens with zero attached hydrogens (tertiary/aromatic N) is 3. The number of pyridine rings is 1. The molecule has 0 atom stereocenters. The van der Waals surface area contributed by atoms with Crippen LogP contribution in [0.3, 0.4) is 0 Å². The molecular weight excluding hydrogens is 580 g/mol. The highest BCUT2D eigenvalue weighted by molar-refractivity contribution is 7.15. The van der Waals surface area contributed by atoms with Crippen LogP contribution in [0.4, 0.5) is 5.82 Å². The van der Waals surface area contributed by atoms with Gasteiger partial charge in [-0.25, -0.2) is 9.97 Å². The summed E-state index contributed by atoms with van der Waals surface area (Å²) >= 11 is 1.78. The second-order valence-electron chi connectivity index (χ2n) is 14.4. The standard InChI is InChI=1S/C37H46N4O3S/c1-24-20-29(8-11-31(24)44-3)37-16-13-36(14-17-37,15-18-37)23-41(35(43)27-6-9-30(10-7-27)40-25(2)42)33-21-28(12-19-38-33)32-22-39-34(45-32)26-4-5-26/h8,11-12,19-22,26-27,30H,4-7,9-10,13-18,23H2,1-3H3,(H,40,42)/t27-,30-,36?,37?. The number of carbonyl (C=O) groups excluding carboxylic acids is 2. The molecule has 2 heterocycles. The zero-order valence-corrected chi connectivity index (χ0v) is 27.8. The predicted molar refractivity (Wildman–Crippen MR) is 179 cm³/mol. The van der Waals surface area contributed by atoms with Crippen molar-refractivity contribution in [3.63, 3.8) is 0 Å². The van der Waals surface area contributed by atoms with Crippen LogP contribution in [0.25, 0.3) is 10.4 Å². The van der Waals surface area contributed by atoms with Crippen molar-refractivity contribution in [3.05, 3.63) is 58.9 Å². The smallest absolute Gasteiger partial charge is 0.231 e. The maximum atomic E-state index is 14.5. The molecule has 5 aliphatic rings. The molecule has 5 fully saturated rings. The van der Waals surface area contributed by atoms with E-state index in [0.29, 0.717) is 5.92 Å². The lowest BCUT2D eigenvalue weighted by Crippen LogP contribution is -2.52. The number of hydrogen-bond acceptors (Lipinski definition) is 6. The number of nitrogens with one attached hydrogen (secondary N) is 1. The van der Waals surface area contributed by atoms with Gasteiger partial charge in [-0.05, 0) is 130 Å². The number of ether oxygens (including phenoxy) is 1. The summed E-state index contributed by atoms with van der Waals surface area (Å²) in [6.45, 7) is 4.44. The average Bonchev–Trinajstić information content (AvgIpc) is 3.80. The van der Waals surface area contributed by atoms with Gasteiger partial charge in [0.25, 0.3) is 0 Å². The molecule has 2 amide bonds. The van der Waals surface area contributed by atoms with Crippen molar-refractivity contribution >= 4 is 29.0 Å². The van der Waals surface area contributed by atoms with Gasteiger partial charge in [-0.1, -0.05) is 12.1 Å². The summed E-state index contributed by atoms with van der Waals surface area (Å²) in [5.41, 5.74) is 4.07. The van der Waals surface area contributed by atoms with Gasteiger partial charge in [0.05, 0.1) is 17.0 Å². The highest BCUT2D eigenvalue weighted by Crippen LogP contribution is 2.58. The maximum Gasteiger partial charge on any atom is 0.231 e. The SMILES string of the molecule is COc1ccc(C23CCC(CN(c4cc(-c5cnc(C6CC6)s5)ccn4)C(=O)[C@H]4CC[C@H](NC(C)=O)CC4)(CC2)CC3)cc1C. The van der Waals surface area contributed by atoms with Crippen LogP contribution in [-0.2, 0) is 15.0 Å².